The average Bonchev–Trinajstić information content (AvgIpc) is 2.55. The fraction of sp³-hybridized carbons (Fsp3) is 0.278. The normalized spacial score (nSPS) is 11.6. The van der Waals surface area contributed by atoms with Gasteiger partial charge in [-0.2, -0.15) is 4.31 Å². The summed E-state index contributed by atoms with van der Waals surface area (Å²) in [7, 11) is -3.48. The molecule has 0 aromatic heterocycles. The van der Waals surface area contributed by atoms with Crippen LogP contribution in [0.2, 0.25) is 0 Å². The van der Waals surface area contributed by atoms with Crippen LogP contribution in [-0.2, 0) is 16.6 Å². The van der Waals surface area contributed by atoms with E-state index in [0.717, 1.165) is 35.6 Å². The number of rotatable bonds is 7. The summed E-state index contributed by atoms with van der Waals surface area (Å²) in [5, 5.41) is 2.51. The third kappa shape index (κ3) is 5.60. The summed E-state index contributed by atoms with van der Waals surface area (Å²) in [5.74, 6) is -2.76. The van der Waals surface area contributed by atoms with E-state index in [9.17, 15) is 22.0 Å². The Hall–Kier alpha value is -2.32. The highest BCUT2D eigenvalue weighted by Crippen LogP contribution is 2.11. The molecule has 1 N–H and O–H groups in total. The average molecular weight is 382 g/mol. The maximum atomic E-state index is 13.2. The van der Waals surface area contributed by atoms with Crippen molar-refractivity contribution in [1.82, 2.24) is 9.62 Å². The second kappa shape index (κ2) is 8.37. The Morgan fingerprint density at radius 2 is 1.85 bits per heavy atom. The van der Waals surface area contributed by atoms with Gasteiger partial charge in [0.15, 0.2) is 11.6 Å². The van der Waals surface area contributed by atoms with Crippen LogP contribution < -0.4 is 5.32 Å². The van der Waals surface area contributed by atoms with Crippen molar-refractivity contribution in [3.8, 4) is 0 Å². The number of amides is 1. The molecule has 0 aliphatic carbocycles. The Balaban J connectivity index is 1.99. The first kappa shape index (κ1) is 20.0. The van der Waals surface area contributed by atoms with Crippen molar-refractivity contribution >= 4 is 15.9 Å². The molecule has 140 valence electrons. The lowest BCUT2D eigenvalue weighted by Gasteiger charge is -2.20. The maximum absolute atomic E-state index is 13.2. The van der Waals surface area contributed by atoms with E-state index in [2.05, 4.69) is 5.32 Å². The van der Waals surface area contributed by atoms with Gasteiger partial charge in [0.05, 0.1) is 6.26 Å². The fourth-order valence-corrected chi connectivity index (χ4v) is 3.22. The first-order valence-electron chi connectivity index (χ1n) is 7.91. The lowest BCUT2D eigenvalue weighted by Crippen LogP contribution is -2.37. The quantitative estimate of drug-likeness (QED) is 0.800. The highest BCUT2D eigenvalue weighted by Gasteiger charge is 2.17. The molecule has 0 bridgehead atoms. The van der Waals surface area contributed by atoms with Gasteiger partial charge >= 0.3 is 0 Å². The van der Waals surface area contributed by atoms with Gasteiger partial charge in [-0.05, 0) is 30.7 Å². The van der Waals surface area contributed by atoms with Crippen LogP contribution >= 0.6 is 0 Å². The molecule has 5 nitrogen and oxygen atoms in total. The topological polar surface area (TPSA) is 66.5 Å². The predicted octanol–water partition coefficient (Wildman–Crippen LogP) is 2.46. The van der Waals surface area contributed by atoms with Gasteiger partial charge < -0.3 is 5.32 Å². The molecule has 0 heterocycles. The first-order valence-corrected chi connectivity index (χ1v) is 9.75. The summed E-state index contributed by atoms with van der Waals surface area (Å²) in [6.07, 6.45) is 1.10. The number of sulfonamides is 1. The highest BCUT2D eigenvalue weighted by atomic mass is 32.2. The van der Waals surface area contributed by atoms with Crippen molar-refractivity contribution in [2.24, 2.45) is 0 Å². The molecule has 0 atom stereocenters. The standard InChI is InChI=1S/C18H20F2N2O3S/c1-13-4-3-5-14(10-13)12-22(26(2,24)25)9-8-21-18(23)15-6-7-16(19)17(20)11-15/h3-7,10-11H,8-9,12H2,1-2H3,(H,21,23). The van der Waals surface area contributed by atoms with Gasteiger partial charge in [-0.3, -0.25) is 4.79 Å². The zero-order valence-electron chi connectivity index (χ0n) is 14.5. The van der Waals surface area contributed by atoms with Crippen LogP contribution in [0.3, 0.4) is 0 Å². The monoisotopic (exact) mass is 382 g/mol. The number of benzene rings is 2. The maximum Gasteiger partial charge on any atom is 0.251 e. The van der Waals surface area contributed by atoms with Crippen LogP contribution in [0.25, 0.3) is 0 Å². The molecule has 2 rings (SSSR count). The van der Waals surface area contributed by atoms with Gasteiger partial charge in [0.25, 0.3) is 5.91 Å². The Morgan fingerprint density at radius 3 is 2.46 bits per heavy atom. The van der Waals surface area contributed by atoms with Gasteiger partial charge in [0, 0.05) is 25.2 Å². The van der Waals surface area contributed by atoms with Crippen molar-refractivity contribution in [1.29, 1.82) is 0 Å². The van der Waals surface area contributed by atoms with E-state index in [1.807, 2.05) is 31.2 Å². The Kier molecular flexibility index (Phi) is 6.44. The van der Waals surface area contributed by atoms with Gasteiger partial charge in [0.1, 0.15) is 0 Å². The molecule has 0 unspecified atom stereocenters. The van der Waals surface area contributed by atoms with E-state index >= 15 is 0 Å². The summed E-state index contributed by atoms with van der Waals surface area (Å²) in [6.45, 7) is 2.19. The number of carbonyl (C=O) groups is 1. The number of hydrogen-bond acceptors (Lipinski definition) is 3. The highest BCUT2D eigenvalue weighted by molar-refractivity contribution is 7.88. The molecule has 2 aromatic rings. The second-order valence-corrected chi connectivity index (χ2v) is 7.95. The van der Waals surface area contributed by atoms with E-state index in [-0.39, 0.29) is 25.2 Å². The van der Waals surface area contributed by atoms with Crippen LogP contribution in [0.4, 0.5) is 8.78 Å². The van der Waals surface area contributed by atoms with E-state index in [0.29, 0.717) is 0 Å². The van der Waals surface area contributed by atoms with Crippen molar-refractivity contribution in [3.63, 3.8) is 0 Å². The Morgan fingerprint density at radius 1 is 1.12 bits per heavy atom. The summed E-state index contributed by atoms with van der Waals surface area (Å²) < 4.78 is 51.3. The van der Waals surface area contributed by atoms with Gasteiger partial charge in [-0.25, -0.2) is 17.2 Å². The largest absolute Gasteiger partial charge is 0.351 e. The van der Waals surface area contributed by atoms with E-state index in [1.54, 1.807) is 0 Å². The van der Waals surface area contributed by atoms with Crippen LogP contribution in [0.1, 0.15) is 21.5 Å². The number of carbonyl (C=O) groups excluding carboxylic acids is 1. The molecule has 0 saturated heterocycles. The number of nitrogens with one attached hydrogen (secondary N) is 1. The summed E-state index contributed by atoms with van der Waals surface area (Å²) in [5.41, 5.74) is 1.82. The van der Waals surface area contributed by atoms with Crippen molar-refractivity contribution in [2.75, 3.05) is 19.3 Å². The third-order valence-corrected chi connectivity index (χ3v) is 4.99. The van der Waals surface area contributed by atoms with Gasteiger partial charge in [0.2, 0.25) is 10.0 Å². The molecular formula is C18H20F2N2O3S. The number of halogens is 2. The zero-order chi connectivity index (χ0) is 19.3. The summed E-state index contributed by atoms with van der Waals surface area (Å²) in [4.78, 5) is 12.0. The fourth-order valence-electron chi connectivity index (χ4n) is 2.41. The Labute approximate surface area is 151 Å². The molecule has 1 amide bonds. The minimum Gasteiger partial charge on any atom is -0.351 e. The number of nitrogens with zero attached hydrogens (tertiary/aromatic N) is 1. The van der Waals surface area contributed by atoms with Gasteiger partial charge in [-0.15, -0.1) is 0 Å². The Bertz CT molecular complexity index is 901. The molecule has 0 saturated carbocycles. The molecule has 26 heavy (non-hydrogen) atoms. The van der Waals surface area contributed by atoms with Gasteiger partial charge in [-0.1, -0.05) is 29.8 Å². The molecule has 2 aromatic carbocycles. The molecular weight excluding hydrogens is 362 g/mol. The van der Waals surface area contributed by atoms with Crippen LogP contribution in [0, 0.1) is 18.6 Å². The van der Waals surface area contributed by atoms with E-state index in [4.69, 9.17) is 0 Å². The van der Waals surface area contributed by atoms with Crippen molar-refractivity contribution < 1.29 is 22.0 Å². The van der Waals surface area contributed by atoms with Crippen LogP contribution in [0.5, 0.6) is 0 Å². The van der Waals surface area contributed by atoms with Crippen LogP contribution in [0.15, 0.2) is 42.5 Å². The molecule has 0 radical (unpaired) electrons. The molecule has 0 fully saturated rings. The minimum atomic E-state index is -3.48. The van der Waals surface area contributed by atoms with E-state index < -0.39 is 27.6 Å². The first-order chi connectivity index (χ1) is 12.2. The van der Waals surface area contributed by atoms with Crippen molar-refractivity contribution in [3.05, 3.63) is 70.8 Å². The zero-order valence-corrected chi connectivity index (χ0v) is 15.3. The lowest BCUT2D eigenvalue weighted by molar-refractivity contribution is 0.0951. The summed E-state index contributed by atoms with van der Waals surface area (Å²) in [6, 6.07) is 10.3. The van der Waals surface area contributed by atoms with E-state index in [1.165, 1.54) is 4.31 Å². The molecule has 0 aliphatic rings. The third-order valence-electron chi connectivity index (χ3n) is 3.74. The molecule has 8 heteroatoms. The minimum absolute atomic E-state index is 0.0338. The summed E-state index contributed by atoms with van der Waals surface area (Å²) >= 11 is 0. The molecule has 0 aliphatic heterocycles. The number of hydrogen-bond donors (Lipinski definition) is 1. The number of aryl methyl sites for hydroxylation is 1. The second-order valence-electron chi connectivity index (χ2n) is 5.97. The molecule has 0 spiro atoms. The van der Waals surface area contributed by atoms with Crippen molar-refractivity contribution in [2.45, 2.75) is 13.5 Å². The smallest absolute Gasteiger partial charge is 0.251 e. The lowest BCUT2D eigenvalue weighted by atomic mass is 10.1. The predicted molar refractivity (Wildman–Crippen MR) is 95.1 cm³/mol. The SMILES string of the molecule is Cc1cccc(CN(CCNC(=O)c2ccc(F)c(F)c2)S(C)(=O)=O)c1. The van der Waals surface area contributed by atoms with Crippen LogP contribution in [-0.4, -0.2) is 38.0 Å².